The molecule has 1 aromatic carbocycles. The van der Waals surface area contributed by atoms with E-state index in [2.05, 4.69) is 33.0 Å². The van der Waals surface area contributed by atoms with E-state index >= 15 is 0 Å². The number of rotatable bonds is 4. The van der Waals surface area contributed by atoms with Gasteiger partial charge in [0, 0.05) is 5.56 Å². The lowest BCUT2D eigenvalue weighted by Gasteiger charge is -2.19. The molecule has 1 rings (SSSR count). The average molecular weight is 305 g/mol. The lowest BCUT2D eigenvalue weighted by atomic mass is 9.93. The topological polar surface area (TPSA) is 35.2 Å². The van der Waals surface area contributed by atoms with Crippen molar-refractivity contribution in [3.63, 3.8) is 0 Å². The first kappa shape index (κ1) is 16.8. The molecular weight excluding hydrogens is 287 g/mol. The third-order valence-electron chi connectivity index (χ3n) is 2.68. The molecule has 0 aliphatic rings. The molecule has 0 atom stereocenters. The molecule has 0 radical (unpaired) electrons. The van der Waals surface area contributed by atoms with Crippen molar-refractivity contribution in [3.05, 3.63) is 29.3 Å². The maximum absolute atomic E-state index is 12.8. The van der Waals surface area contributed by atoms with Crippen molar-refractivity contribution in [2.45, 2.75) is 33.4 Å². The van der Waals surface area contributed by atoms with Crippen LogP contribution in [0.15, 0.2) is 18.2 Å². The fourth-order valence-corrected chi connectivity index (χ4v) is 1.71. The van der Waals surface area contributed by atoms with Crippen molar-refractivity contribution in [2.75, 3.05) is 6.61 Å². The molecule has 0 aliphatic heterocycles. The maximum Gasteiger partial charge on any atom is 0.417 e. The third kappa shape index (κ3) is 5.00. The lowest BCUT2D eigenvalue weighted by Crippen LogP contribution is -2.18. The first-order valence-corrected chi connectivity index (χ1v) is 6.55. The van der Waals surface area contributed by atoms with Crippen LogP contribution in [0.1, 0.15) is 38.3 Å². The predicted octanol–water partition coefficient (Wildman–Crippen LogP) is 4.15. The summed E-state index contributed by atoms with van der Waals surface area (Å²) in [5.41, 5.74) is 4.40. The zero-order chi connectivity index (χ0) is 15.6. The second-order valence-corrected chi connectivity index (χ2v) is 6.17. The van der Waals surface area contributed by atoms with E-state index in [0.717, 1.165) is 12.5 Å². The fraction of sp³-hybridized carbons (Fsp3) is 0.500. The van der Waals surface area contributed by atoms with Crippen molar-refractivity contribution < 1.29 is 17.9 Å². The summed E-state index contributed by atoms with van der Waals surface area (Å²) >= 11 is 4.67. The standard InChI is InChI=1S/C14H18F3NOS/c1-13(2,3)6-7-19-9-4-5-11(14(15,16)17)10(8-9)12(18)20/h4-5,8H,6-7H2,1-3H3,(H2,18,20). The molecule has 112 valence electrons. The molecule has 0 fully saturated rings. The molecule has 0 amide bonds. The second kappa shape index (κ2) is 5.99. The summed E-state index contributed by atoms with van der Waals surface area (Å²) < 4.78 is 43.8. The predicted molar refractivity (Wildman–Crippen MR) is 76.9 cm³/mol. The Morgan fingerprint density at radius 2 is 1.85 bits per heavy atom. The summed E-state index contributed by atoms with van der Waals surface area (Å²) in [6.45, 7) is 6.60. The number of benzene rings is 1. The van der Waals surface area contributed by atoms with Gasteiger partial charge in [0.05, 0.1) is 12.2 Å². The van der Waals surface area contributed by atoms with E-state index in [0.29, 0.717) is 12.4 Å². The first-order chi connectivity index (χ1) is 9.00. The summed E-state index contributed by atoms with van der Waals surface area (Å²) in [6, 6.07) is 3.47. The maximum atomic E-state index is 12.8. The van der Waals surface area contributed by atoms with Crippen molar-refractivity contribution in [1.82, 2.24) is 0 Å². The molecule has 0 unspecified atom stereocenters. The van der Waals surface area contributed by atoms with E-state index in [1.54, 1.807) is 0 Å². The Labute approximate surface area is 122 Å². The summed E-state index contributed by atoms with van der Waals surface area (Å²) in [6.07, 6.45) is -3.70. The minimum atomic E-state index is -4.48. The fourth-order valence-electron chi connectivity index (χ4n) is 1.54. The Balaban J connectivity index is 2.92. The first-order valence-electron chi connectivity index (χ1n) is 6.14. The van der Waals surface area contributed by atoms with E-state index in [4.69, 9.17) is 10.5 Å². The largest absolute Gasteiger partial charge is 0.494 e. The van der Waals surface area contributed by atoms with Crippen molar-refractivity contribution >= 4 is 17.2 Å². The van der Waals surface area contributed by atoms with Crippen LogP contribution in [-0.4, -0.2) is 11.6 Å². The summed E-state index contributed by atoms with van der Waals surface area (Å²) in [4.78, 5) is -0.293. The average Bonchev–Trinajstić information content (AvgIpc) is 2.25. The van der Waals surface area contributed by atoms with E-state index in [1.165, 1.54) is 12.1 Å². The van der Waals surface area contributed by atoms with Crippen LogP contribution in [0.5, 0.6) is 5.75 Å². The molecule has 0 heterocycles. The normalized spacial score (nSPS) is 12.3. The molecule has 0 saturated heterocycles. The van der Waals surface area contributed by atoms with Gasteiger partial charge in [0.1, 0.15) is 10.7 Å². The molecule has 6 heteroatoms. The lowest BCUT2D eigenvalue weighted by molar-refractivity contribution is -0.137. The number of hydrogen-bond acceptors (Lipinski definition) is 2. The number of halogens is 3. The van der Waals surface area contributed by atoms with Gasteiger partial charge in [-0.3, -0.25) is 0 Å². The van der Waals surface area contributed by atoms with Crippen LogP contribution in [0.25, 0.3) is 0 Å². The van der Waals surface area contributed by atoms with E-state index in [9.17, 15) is 13.2 Å². The van der Waals surface area contributed by atoms with Gasteiger partial charge in [-0.1, -0.05) is 33.0 Å². The zero-order valence-corrected chi connectivity index (χ0v) is 12.5. The van der Waals surface area contributed by atoms with Gasteiger partial charge in [-0.15, -0.1) is 0 Å². The Hall–Kier alpha value is -1.30. The molecule has 1 aromatic rings. The van der Waals surface area contributed by atoms with Crippen LogP contribution in [0.4, 0.5) is 13.2 Å². The van der Waals surface area contributed by atoms with Crippen LogP contribution in [0.3, 0.4) is 0 Å². The zero-order valence-electron chi connectivity index (χ0n) is 11.7. The summed E-state index contributed by atoms with van der Waals surface area (Å²) in [7, 11) is 0. The van der Waals surface area contributed by atoms with Crippen LogP contribution < -0.4 is 10.5 Å². The number of hydrogen-bond donors (Lipinski definition) is 1. The van der Waals surface area contributed by atoms with E-state index < -0.39 is 11.7 Å². The molecule has 20 heavy (non-hydrogen) atoms. The van der Waals surface area contributed by atoms with Crippen molar-refractivity contribution in [1.29, 1.82) is 0 Å². The van der Waals surface area contributed by atoms with Gasteiger partial charge in [-0.05, 0) is 30.0 Å². The van der Waals surface area contributed by atoms with Crippen LogP contribution in [0.2, 0.25) is 0 Å². The number of nitrogens with two attached hydrogens (primary N) is 1. The molecule has 0 saturated carbocycles. The van der Waals surface area contributed by atoms with Gasteiger partial charge in [-0.25, -0.2) is 0 Å². The highest BCUT2D eigenvalue weighted by atomic mass is 32.1. The van der Waals surface area contributed by atoms with Crippen molar-refractivity contribution in [3.8, 4) is 5.75 Å². The number of alkyl halides is 3. The monoisotopic (exact) mass is 305 g/mol. The molecule has 0 spiro atoms. The van der Waals surface area contributed by atoms with E-state index in [1.807, 2.05) is 0 Å². The second-order valence-electron chi connectivity index (χ2n) is 5.73. The Bertz CT molecular complexity index is 492. The summed E-state index contributed by atoms with van der Waals surface area (Å²) in [5.74, 6) is 0.338. The minimum absolute atomic E-state index is 0.0951. The SMILES string of the molecule is CC(C)(C)CCOc1ccc(C(F)(F)F)c(C(N)=S)c1. The highest BCUT2D eigenvalue weighted by Crippen LogP contribution is 2.34. The van der Waals surface area contributed by atoms with Gasteiger partial charge in [-0.2, -0.15) is 13.2 Å². The molecule has 0 aliphatic carbocycles. The Morgan fingerprint density at radius 1 is 1.25 bits per heavy atom. The molecular formula is C14H18F3NOS. The Morgan fingerprint density at radius 3 is 2.30 bits per heavy atom. The third-order valence-corrected chi connectivity index (χ3v) is 2.90. The summed E-state index contributed by atoms with van der Waals surface area (Å²) in [5, 5.41) is 0. The molecule has 0 bridgehead atoms. The van der Waals surface area contributed by atoms with Gasteiger partial charge in [0.25, 0.3) is 0 Å². The number of ether oxygens (including phenoxy) is 1. The highest BCUT2D eigenvalue weighted by Gasteiger charge is 2.34. The Kier molecular flexibility index (Phi) is 5.02. The van der Waals surface area contributed by atoms with Gasteiger partial charge in [0.15, 0.2) is 0 Å². The van der Waals surface area contributed by atoms with E-state index in [-0.39, 0.29) is 16.0 Å². The minimum Gasteiger partial charge on any atom is -0.494 e. The van der Waals surface area contributed by atoms with Crippen LogP contribution in [-0.2, 0) is 6.18 Å². The molecule has 2 N–H and O–H groups in total. The van der Waals surface area contributed by atoms with Gasteiger partial charge < -0.3 is 10.5 Å². The molecule has 0 aromatic heterocycles. The smallest absolute Gasteiger partial charge is 0.417 e. The van der Waals surface area contributed by atoms with Crippen LogP contribution in [0, 0.1) is 5.41 Å². The van der Waals surface area contributed by atoms with Crippen LogP contribution >= 0.6 is 12.2 Å². The van der Waals surface area contributed by atoms with Gasteiger partial charge in [0.2, 0.25) is 0 Å². The highest BCUT2D eigenvalue weighted by molar-refractivity contribution is 7.80. The number of thiocarbonyl (C=S) groups is 1. The van der Waals surface area contributed by atoms with Gasteiger partial charge >= 0.3 is 6.18 Å². The quantitative estimate of drug-likeness (QED) is 0.849. The molecule has 2 nitrogen and oxygen atoms in total. The van der Waals surface area contributed by atoms with Crippen molar-refractivity contribution in [2.24, 2.45) is 11.1 Å².